The van der Waals surface area contributed by atoms with Crippen LogP contribution in [0.3, 0.4) is 0 Å². The number of hydrogen-bond acceptors (Lipinski definition) is 7. The number of methoxy groups -OCH3 is 1. The van der Waals surface area contributed by atoms with Gasteiger partial charge >= 0.3 is 5.97 Å². The van der Waals surface area contributed by atoms with E-state index in [1.54, 1.807) is 62.6 Å². The molecule has 1 aliphatic rings. The third-order valence-electron chi connectivity index (χ3n) is 6.11. The summed E-state index contributed by atoms with van der Waals surface area (Å²) >= 11 is 13.4. The lowest BCUT2D eigenvalue weighted by Gasteiger charge is -2.24. The van der Waals surface area contributed by atoms with Gasteiger partial charge in [0.2, 0.25) is 0 Å². The molecule has 0 aliphatic carbocycles. The molecule has 198 valence electrons. The Kier molecular flexibility index (Phi) is 7.61. The molecule has 5 rings (SSSR count). The first-order valence-electron chi connectivity index (χ1n) is 11.8. The average molecular weight is 581 g/mol. The molecule has 0 radical (unpaired) electrons. The number of esters is 1. The first-order chi connectivity index (χ1) is 18.8. The monoisotopic (exact) mass is 580 g/mol. The van der Waals surface area contributed by atoms with Crippen LogP contribution < -0.4 is 19.6 Å². The minimum absolute atomic E-state index is 0.0367. The van der Waals surface area contributed by atoms with Gasteiger partial charge in [0.15, 0.2) is 4.80 Å². The summed E-state index contributed by atoms with van der Waals surface area (Å²) in [6.07, 6.45) is 3.14. The molecule has 1 aliphatic heterocycles. The molecule has 3 heterocycles. The quantitative estimate of drug-likeness (QED) is 0.212. The van der Waals surface area contributed by atoms with Crippen molar-refractivity contribution in [2.45, 2.75) is 13.0 Å². The number of hydrogen-bond donors (Lipinski definition) is 0. The number of carbonyl (C=O) groups is 1. The summed E-state index contributed by atoms with van der Waals surface area (Å²) in [7, 11) is 1.57. The van der Waals surface area contributed by atoms with Gasteiger partial charge in [0.05, 0.1) is 39.0 Å². The Morgan fingerprint density at radius 1 is 1.15 bits per heavy atom. The minimum atomic E-state index is -0.741. The van der Waals surface area contributed by atoms with Crippen LogP contribution in [0.1, 0.15) is 24.3 Å². The Hall–Kier alpha value is -3.85. The van der Waals surface area contributed by atoms with Crippen molar-refractivity contribution in [3.05, 3.63) is 120 Å². The van der Waals surface area contributed by atoms with E-state index in [0.29, 0.717) is 47.9 Å². The van der Waals surface area contributed by atoms with Crippen LogP contribution in [0.5, 0.6) is 5.75 Å². The second-order valence-electron chi connectivity index (χ2n) is 8.57. The molecule has 2 aromatic heterocycles. The zero-order valence-electron chi connectivity index (χ0n) is 20.9. The molecule has 0 bridgehead atoms. The van der Waals surface area contributed by atoms with E-state index in [9.17, 15) is 9.59 Å². The Labute approximate surface area is 237 Å². The summed E-state index contributed by atoms with van der Waals surface area (Å²) in [6, 6.07) is 15.2. The highest BCUT2D eigenvalue weighted by molar-refractivity contribution is 7.07. The summed E-state index contributed by atoms with van der Waals surface area (Å²) in [6.45, 7) is 5.37. The topological polar surface area (TPSA) is 83.0 Å². The van der Waals surface area contributed by atoms with E-state index in [1.165, 1.54) is 22.0 Å². The number of rotatable bonds is 7. The fourth-order valence-corrected chi connectivity index (χ4v) is 5.59. The lowest BCUT2D eigenvalue weighted by molar-refractivity contribution is -0.138. The smallest absolute Gasteiger partial charge is 0.338 e. The number of ether oxygens (including phenoxy) is 2. The van der Waals surface area contributed by atoms with Crippen molar-refractivity contribution in [3.8, 4) is 17.1 Å². The molecule has 1 unspecified atom stereocenters. The Morgan fingerprint density at radius 3 is 2.62 bits per heavy atom. The standard InChI is InChI=1S/C29H22Cl2N2O5S/c1-4-13-37-28(35)25-16(2)32-29-33(26(25)17-5-8-19(36-3)9-6-17)27(34)24(39-29)15-20-10-12-23(38-20)18-7-11-21(30)22(31)14-18/h4-12,14-15,26H,1,13H2,2-3H3/b24-15+. The molecule has 0 saturated heterocycles. The highest BCUT2D eigenvalue weighted by Crippen LogP contribution is 2.32. The first kappa shape index (κ1) is 26.7. The average Bonchev–Trinajstić information content (AvgIpc) is 3.52. The first-order valence-corrected chi connectivity index (χ1v) is 13.4. The summed E-state index contributed by atoms with van der Waals surface area (Å²) < 4.78 is 18.5. The van der Waals surface area contributed by atoms with E-state index >= 15 is 0 Å². The van der Waals surface area contributed by atoms with E-state index in [2.05, 4.69) is 11.6 Å². The molecule has 0 fully saturated rings. The van der Waals surface area contributed by atoms with Gasteiger partial charge in [-0.1, -0.05) is 59.3 Å². The van der Waals surface area contributed by atoms with Gasteiger partial charge in [0.1, 0.15) is 23.9 Å². The Bertz CT molecular complexity index is 1800. The van der Waals surface area contributed by atoms with Crippen LogP contribution in [0.4, 0.5) is 0 Å². The summed E-state index contributed by atoms with van der Waals surface area (Å²) in [5.41, 5.74) is 1.90. The molecule has 0 N–H and O–H groups in total. The van der Waals surface area contributed by atoms with E-state index in [1.807, 2.05) is 12.1 Å². The fraction of sp³-hybridized carbons (Fsp3) is 0.138. The molecule has 2 aromatic carbocycles. The van der Waals surface area contributed by atoms with Gasteiger partial charge in [-0.25, -0.2) is 9.79 Å². The van der Waals surface area contributed by atoms with Gasteiger partial charge in [0, 0.05) is 11.6 Å². The van der Waals surface area contributed by atoms with Crippen molar-refractivity contribution >= 4 is 46.6 Å². The molecule has 10 heteroatoms. The van der Waals surface area contributed by atoms with Gasteiger partial charge in [0.25, 0.3) is 5.56 Å². The van der Waals surface area contributed by atoms with E-state index in [-0.39, 0.29) is 17.7 Å². The SMILES string of the molecule is C=CCOC(=O)C1=C(C)N=c2s/c(=C/c3ccc(-c4ccc(Cl)c(Cl)c4)o3)c(=O)n2C1c1ccc(OC)cc1. The summed E-state index contributed by atoms with van der Waals surface area (Å²) in [5.74, 6) is 1.14. The van der Waals surface area contributed by atoms with Crippen LogP contribution in [0.2, 0.25) is 10.0 Å². The van der Waals surface area contributed by atoms with Gasteiger partial charge < -0.3 is 13.9 Å². The third-order valence-corrected chi connectivity index (χ3v) is 7.83. The number of nitrogens with zero attached hydrogens (tertiary/aromatic N) is 2. The molecular weight excluding hydrogens is 559 g/mol. The van der Waals surface area contributed by atoms with E-state index < -0.39 is 12.0 Å². The lowest BCUT2D eigenvalue weighted by atomic mass is 9.96. The van der Waals surface area contributed by atoms with Gasteiger partial charge in [-0.2, -0.15) is 0 Å². The number of allylic oxidation sites excluding steroid dienone is 1. The maximum absolute atomic E-state index is 13.8. The van der Waals surface area contributed by atoms with Crippen molar-refractivity contribution in [2.75, 3.05) is 13.7 Å². The predicted octanol–water partition coefficient (Wildman–Crippen LogP) is 5.54. The molecule has 39 heavy (non-hydrogen) atoms. The Morgan fingerprint density at radius 2 is 1.92 bits per heavy atom. The van der Waals surface area contributed by atoms with Crippen LogP contribution in [-0.2, 0) is 9.53 Å². The van der Waals surface area contributed by atoms with Gasteiger partial charge in [-0.15, -0.1) is 0 Å². The molecule has 1 atom stereocenters. The highest BCUT2D eigenvalue weighted by atomic mass is 35.5. The number of halogens is 2. The maximum atomic E-state index is 13.8. The fourth-order valence-electron chi connectivity index (χ4n) is 4.26. The molecule has 0 amide bonds. The highest BCUT2D eigenvalue weighted by Gasteiger charge is 2.33. The second kappa shape index (κ2) is 11.1. The third kappa shape index (κ3) is 5.23. The van der Waals surface area contributed by atoms with Crippen LogP contribution in [0.25, 0.3) is 17.4 Å². The largest absolute Gasteiger partial charge is 0.497 e. The zero-order valence-corrected chi connectivity index (χ0v) is 23.3. The van der Waals surface area contributed by atoms with Gasteiger partial charge in [-0.05, 0) is 55.0 Å². The molecule has 0 saturated carbocycles. The molecule has 7 nitrogen and oxygen atoms in total. The zero-order chi connectivity index (χ0) is 27.7. The van der Waals surface area contributed by atoms with Crippen LogP contribution in [-0.4, -0.2) is 24.3 Å². The summed E-state index contributed by atoms with van der Waals surface area (Å²) in [4.78, 5) is 31.9. The number of carbonyl (C=O) groups excluding carboxylic acids is 1. The second-order valence-corrected chi connectivity index (χ2v) is 10.4. The lowest BCUT2D eigenvalue weighted by Crippen LogP contribution is -2.39. The molecular formula is C29H22Cl2N2O5S. The van der Waals surface area contributed by atoms with Crippen LogP contribution >= 0.6 is 34.5 Å². The molecule has 4 aromatic rings. The van der Waals surface area contributed by atoms with Crippen molar-refractivity contribution in [2.24, 2.45) is 4.99 Å². The number of furan rings is 1. The maximum Gasteiger partial charge on any atom is 0.338 e. The van der Waals surface area contributed by atoms with E-state index in [4.69, 9.17) is 37.1 Å². The number of benzene rings is 2. The van der Waals surface area contributed by atoms with Crippen LogP contribution in [0.15, 0.2) is 92.7 Å². The van der Waals surface area contributed by atoms with Crippen molar-refractivity contribution in [1.29, 1.82) is 0 Å². The number of thiazole rings is 1. The van der Waals surface area contributed by atoms with E-state index in [0.717, 1.165) is 5.56 Å². The van der Waals surface area contributed by atoms with Crippen molar-refractivity contribution in [1.82, 2.24) is 4.57 Å². The normalized spacial score (nSPS) is 15.1. The molecule has 0 spiro atoms. The van der Waals surface area contributed by atoms with Crippen LogP contribution in [0, 0.1) is 0 Å². The van der Waals surface area contributed by atoms with Crippen molar-refractivity contribution < 1.29 is 18.7 Å². The summed E-state index contributed by atoms with van der Waals surface area (Å²) in [5, 5.41) is 0.861. The number of aromatic nitrogens is 1. The number of fused-ring (bicyclic) bond motifs is 1. The van der Waals surface area contributed by atoms with Gasteiger partial charge in [-0.3, -0.25) is 9.36 Å². The van der Waals surface area contributed by atoms with Crippen molar-refractivity contribution in [3.63, 3.8) is 0 Å². The minimum Gasteiger partial charge on any atom is -0.497 e. The Balaban J connectivity index is 1.61. The predicted molar refractivity (Wildman–Crippen MR) is 152 cm³/mol.